The maximum absolute atomic E-state index is 12.1. The first kappa shape index (κ1) is 21.7. The van der Waals surface area contributed by atoms with E-state index in [1.165, 1.54) is 0 Å². The SMILES string of the molecule is CC(C)c1cnnc(Nc2ccc3ncc(NC4CN(C(=O)OC(C)(C)C)C4)cc3n2)c1. The molecule has 9 heteroatoms. The van der Waals surface area contributed by atoms with Crippen LogP contribution in [-0.4, -0.2) is 55.9 Å². The van der Waals surface area contributed by atoms with E-state index in [1.807, 2.05) is 45.0 Å². The largest absolute Gasteiger partial charge is 0.444 e. The lowest BCUT2D eigenvalue weighted by molar-refractivity contribution is 0.0105. The van der Waals surface area contributed by atoms with E-state index >= 15 is 0 Å². The molecule has 0 spiro atoms. The molecule has 1 saturated heterocycles. The van der Waals surface area contributed by atoms with Crippen LogP contribution in [0.25, 0.3) is 11.0 Å². The van der Waals surface area contributed by atoms with E-state index in [9.17, 15) is 4.79 Å². The van der Waals surface area contributed by atoms with Crippen LogP contribution in [-0.2, 0) is 4.74 Å². The monoisotopic (exact) mass is 435 g/mol. The van der Waals surface area contributed by atoms with Crippen molar-refractivity contribution in [2.75, 3.05) is 23.7 Å². The molecule has 1 aliphatic rings. The highest BCUT2D eigenvalue weighted by Crippen LogP contribution is 2.23. The molecule has 3 aromatic heterocycles. The zero-order chi connectivity index (χ0) is 22.9. The van der Waals surface area contributed by atoms with Gasteiger partial charge in [0.05, 0.1) is 35.2 Å². The van der Waals surface area contributed by atoms with Gasteiger partial charge in [0, 0.05) is 13.1 Å². The summed E-state index contributed by atoms with van der Waals surface area (Å²) in [7, 11) is 0. The van der Waals surface area contributed by atoms with Gasteiger partial charge in [0.2, 0.25) is 0 Å². The number of likely N-dealkylation sites (tertiary alicyclic amines) is 1. The third-order valence-corrected chi connectivity index (χ3v) is 5.04. The molecule has 1 fully saturated rings. The number of nitrogens with zero attached hydrogens (tertiary/aromatic N) is 5. The van der Waals surface area contributed by atoms with Crippen LogP contribution in [0.4, 0.5) is 22.1 Å². The van der Waals surface area contributed by atoms with E-state index in [0.29, 0.717) is 30.6 Å². The quantitative estimate of drug-likeness (QED) is 0.610. The third-order valence-electron chi connectivity index (χ3n) is 5.04. The van der Waals surface area contributed by atoms with Gasteiger partial charge in [-0.3, -0.25) is 4.98 Å². The van der Waals surface area contributed by atoms with Crippen LogP contribution in [0.15, 0.2) is 36.7 Å². The van der Waals surface area contributed by atoms with Gasteiger partial charge in [-0.15, -0.1) is 5.10 Å². The van der Waals surface area contributed by atoms with Gasteiger partial charge < -0.3 is 20.3 Å². The van der Waals surface area contributed by atoms with Crippen molar-refractivity contribution in [1.82, 2.24) is 25.1 Å². The standard InChI is InChI=1S/C23H29N7O2/c1-14(2)15-8-21(29-25-10-15)28-20-7-6-18-19(27-20)9-16(11-24-18)26-17-12-30(13-17)22(31)32-23(3,4)5/h6-11,14,17,26H,12-13H2,1-5H3,(H,27,28,29). The number of carbonyl (C=O) groups is 1. The molecule has 9 nitrogen and oxygen atoms in total. The predicted octanol–water partition coefficient (Wildman–Crippen LogP) is 4.32. The summed E-state index contributed by atoms with van der Waals surface area (Å²) in [5, 5.41) is 14.8. The highest BCUT2D eigenvalue weighted by molar-refractivity contribution is 5.80. The molecule has 4 rings (SSSR count). The van der Waals surface area contributed by atoms with Crippen molar-refractivity contribution >= 4 is 34.4 Å². The van der Waals surface area contributed by atoms with Crippen LogP contribution in [0.5, 0.6) is 0 Å². The van der Waals surface area contributed by atoms with E-state index in [0.717, 1.165) is 22.3 Å². The molecule has 0 unspecified atom stereocenters. The molecule has 0 aliphatic carbocycles. The van der Waals surface area contributed by atoms with Crippen LogP contribution in [0.3, 0.4) is 0 Å². The fourth-order valence-electron chi connectivity index (χ4n) is 3.33. The summed E-state index contributed by atoms with van der Waals surface area (Å²) in [4.78, 5) is 23.0. The lowest BCUT2D eigenvalue weighted by atomic mass is 10.1. The number of rotatable bonds is 5. The Labute approximate surface area is 187 Å². The molecule has 32 heavy (non-hydrogen) atoms. The van der Waals surface area contributed by atoms with E-state index < -0.39 is 5.60 Å². The summed E-state index contributed by atoms with van der Waals surface area (Å²) in [6, 6.07) is 7.88. The molecule has 0 bridgehead atoms. The highest BCUT2D eigenvalue weighted by atomic mass is 16.6. The average molecular weight is 436 g/mol. The molecular weight excluding hydrogens is 406 g/mol. The molecule has 1 aliphatic heterocycles. The zero-order valence-corrected chi connectivity index (χ0v) is 19.1. The zero-order valence-electron chi connectivity index (χ0n) is 19.1. The topological polar surface area (TPSA) is 105 Å². The van der Waals surface area contributed by atoms with E-state index in [-0.39, 0.29) is 12.1 Å². The van der Waals surface area contributed by atoms with Crippen molar-refractivity contribution < 1.29 is 9.53 Å². The first-order chi connectivity index (χ1) is 15.2. The molecule has 168 valence electrons. The van der Waals surface area contributed by atoms with Gasteiger partial charge in [0.25, 0.3) is 0 Å². The van der Waals surface area contributed by atoms with E-state index in [4.69, 9.17) is 4.74 Å². The summed E-state index contributed by atoms with van der Waals surface area (Å²) in [6.45, 7) is 11.0. The molecule has 1 amide bonds. The Morgan fingerprint density at radius 1 is 1.12 bits per heavy atom. The van der Waals surface area contributed by atoms with Crippen molar-refractivity contribution in [3.63, 3.8) is 0 Å². The Kier molecular flexibility index (Phi) is 5.82. The average Bonchev–Trinajstić information content (AvgIpc) is 2.69. The number of fused-ring (bicyclic) bond motifs is 1. The number of anilines is 3. The highest BCUT2D eigenvalue weighted by Gasteiger charge is 2.33. The van der Waals surface area contributed by atoms with Crippen molar-refractivity contribution in [1.29, 1.82) is 0 Å². The Bertz CT molecular complexity index is 1120. The first-order valence-corrected chi connectivity index (χ1v) is 10.8. The Morgan fingerprint density at radius 3 is 2.62 bits per heavy atom. The van der Waals surface area contributed by atoms with Crippen LogP contribution in [0.1, 0.15) is 46.1 Å². The first-order valence-electron chi connectivity index (χ1n) is 10.8. The van der Waals surface area contributed by atoms with Crippen molar-refractivity contribution in [2.24, 2.45) is 0 Å². The van der Waals surface area contributed by atoms with Crippen molar-refractivity contribution in [3.8, 4) is 0 Å². The lowest BCUT2D eigenvalue weighted by Crippen LogP contribution is -2.57. The minimum absolute atomic E-state index is 0.150. The van der Waals surface area contributed by atoms with Gasteiger partial charge in [-0.2, -0.15) is 5.10 Å². The molecule has 2 N–H and O–H groups in total. The van der Waals surface area contributed by atoms with Crippen molar-refractivity contribution in [2.45, 2.75) is 52.2 Å². The van der Waals surface area contributed by atoms with Gasteiger partial charge in [0.15, 0.2) is 5.82 Å². The number of nitrogens with one attached hydrogen (secondary N) is 2. The van der Waals surface area contributed by atoms with Gasteiger partial charge in [-0.25, -0.2) is 9.78 Å². The van der Waals surface area contributed by atoms with E-state index in [2.05, 4.69) is 44.6 Å². The van der Waals surface area contributed by atoms with E-state index in [1.54, 1.807) is 17.3 Å². The molecule has 0 aromatic carbocycles. The number of amides is 1. The van der Waals surface area contributed by atoms with Gasteiger partial charge >= 0.3 is 6.09 Å². The fourth-order valence-corrected chi connectivity index (χ4v) is 3.33. The van der Waals surface area contributed by atoms with Gasteiger partial charge in [0.1, 0.15) is 11.4 Å². The summed E-state index contributed by atoms with van der Waals surface area (Å²) in [5.74, 6) is 1.69. The second-order valence-electron chi connectivity index (χ2n) is 9.34. The number of ether oxygens (including phenoxy) is 1. The summed E-state index contributed by atoms with van der Waals surface area (Å²) in [5.41, 5.74) is 3.04. The maximum atomic E-state index is 12.1. The number of hydrogen-bond donors (Lipinski definition) is 2. The Morgan fingerprint density at radius 2 is 1.91 bits per heavy atom. The predicted molar refractivity (Wildman–Crippen MR) is 124 cm³/mol. The number of aromatic nitrogens is 4. The second-order valence-corrected chi connectivity index (χ2v) is 9.34. The number of pyridine rings is 2. The summed E-state index contributed by atoms with van der Waals surface area (Å²) in [6.07, 6.45) is 3.27. The fraction of sp³-hybridized carbons (Fsp3) is 0.435. The van der Waals surface area contributed by atoms with Gasteiger partial charge in [-0.1, -0.05) is 13.8 Å². The molecule has 0 saturated carbocycles. The van der Waals surface area contributed by atoms with Gasteiger partial charge in [-0.05, 0) is 56.5 Å². The molecule has 3 aromatic rings. The summed E-state index contributed by atoms with van der Waals surface area (Å²) >= 11 is 0. The molecule has 0 atom stereocenters. The Hall–Kier alpha value is -3.49. The minimum Gasteiger partial charge on any atom is -0.444 e. The van der Waals surface area contributed by atoms with Crippen LogP contribution >= 0.6 is 0 Å². The van der Waals surface area contributed by atoms with Crippen LogP contribution in [0, 0.1) is 0 Å². The van der Waals surface area contributed by atoms with Crippen LogP contribution < -0.4 is 10.6 Å². The lowest BCUT2D eigenvalue weighted by Gasteiger charge is -2.40. The maximum Gasteiger partial charge on any atom is 0.410 e. The summed E-state index contributed by atoms with van der Waals surface area (Å²) < 4.78 is 5.40. The van der Waals surface area contributed by atoms with Crippen LogP contribution in [0.2, 0.25) is 0 Å². The second kappa shape index (κ2) is 8.57. The normalized spacial score (nSPS) is 14.4. The third kappa shape index (κ3) is 5.22. The smallest absolute Gasteiger partial charge is 0.410 e. The Balaban J connectivity index is 1.41. The molecule has 0 radical (unpaired) electrons. The van der Waals surface area contributed by atoms with Crippen molar-refractivity contribution in [3.05, 3.63) is 42.2 Å². The molecular formula is C23H29N7O2. The number of hydrogen-bond acceptors (Lipinski definition) is 8. The minimum atomic E-state index is -0.489. The number of carbonyl (C=O) groups excluding carboxylic acids is 1. The molecule has 4 heterocycles.